The highest BCUT2D eigenvalue weighted by Gasteiger charge is 2.20. The molecule has 2 N–H and O–H groups in total. The Balaban J connectivity index is 2.14. The topological polar surface area (TPSA) is 44.4 Å². The van der Waals surface area contributed by atoms with Crippen LogP contribution in [0.5, 0.6) is 0 Å². The zero-order valence-corrected chi connectivity index (χ0v) is 10.8. The fourth-order valence-corrected chi connectivity index (χ4v) is 1.83. The molecular formula is C12H25N3O. The first kappa shape index (κ1) is 13.5. The third-order valence-corrected chi connectivity index (χ3v) is 3.31. The third-order valence-electron chi connectivity index (χ3n) is 3.31. The number of likely N-dealkylation sites (N-methyl/N-ethyl adjacent to an activating group) is 1. The van der Waals surface area contributed by atoms with E-state index in [4.69, 9.17) is 0 Å². The monoisotopic (exact) mass is 227 g/mol. The molecule has 4 heteroatoms. The number of nitrogens with one attached hydrogen (secondary N) is 2. The Labute approximate surface area is 98.8 Å². The molecule has 4 nitrogen and oxygen atoms in total. The van der Waals surface area contributed by atoms with Gasteiger partial charge < -0.3 is 15.5 Å². The van der Waals surface area contributed by atoms with Crippen LogP contribution in [0.15, 0.2) is 0 Å². The smallest absolute Gasteiger partial charge is 0.224 e. The Morgan fingerprint density at radius 2 is 2.31 bits per heavy atom. The molecule has 0 aliphatic carbocycles. The standard InChI is InChI=1S/C12H25N3O/c1-10(2)15(3)8-7-14-12(16)11-5-4-6-13-9-11/h10-11,13H,4-9H2,1-3H3,(H,14,16)/t11-/m0/s1. The zero-order chi connectivity index (χ0) is 12.0. The van der Waals surface area contributed by atoms with Gasteiger partial charge in [-0.25, -0.2) is 0 Å². The van der Waals surface area contributed by atoms with Crippen molar-refractivity contribution < 1.29 is 4.79 Å². The fourth-order valence-electron chi connectivity index (χ4n) is 1.83. The molecule has 0 radical (unpaired) electrons. The zero-order valence-electron chi connectivity index (χ0n) is 10.8. The summed E-state index contributed by atoms with van der Waals surface area (Å²) in [7, 11) is 2.08. The summed E-state index contributed by atoms with van der Waals surface area (Å²) >= 11 is 0. The van der Waals surface area contributed by atoms with Gasteiger partial charge in [-0.3, -0.25) is 4.79 Å². The maximum Gasteiger partial charge on any atom is 0.224 e. The summed E-state index contributed by atoms with van der Waals surface area (Å²) in [5.41, 5.74) is 0. The minimum atomic E-state index is 0.179. The number of hydrogen-bond donors (Lipinski definition) is 2. The van der Waals surface area contributed by atoms with Gasteiger partial charge in [0.25, 0.3) is 0 Å². The largest absolute Gasteiger partial charge is 0.355 e. The van der Waals surface area contributed by atoms with Crippen molar-refractivity contribution in [1.82, 2.24) is 15.5 Å². The predicted molar refractivity (Wildman–Crippen MR) is 66.4 cm³/mol. The lowest BCUT2D eigenvalue weighted by Gasteiger charge is -2.24. The van der Waals surface area contributed by atoms with Crippen molar-refractivity contribution in [1.29, 1.82) is 0 Å². The highest BCUT2D eigenvalue weighted by Crippen LogP contribution is 2.09. The normalized spacial score (nSPS) is 21.4. The molecule has 1 heterocycles. The van der Waals surface area contributed by atoms with Crippen molar-refractivity contribution in [3.05, 3.63) is 0 Å². The molecule has 1 rings (SSSR count). The van der Waals surface area contributed by atoms with E-state index < -0.39 is 0 Å². The van der Waals surface area contributed by atoms with Gasteiger partial charge in [0.2, 0.25) is 5.91 Å². The molecule has 94 valence electrons. The summed E-state index contributed by atoms with van der Waals surface area (Å²) in [4.78, 5) is 14.0. The molecule has 1 aliphatic rings. The van der Waals surface area contributed by atoms with E-state index in [2.05, 4.69) is 36.4 Å². The van der Waals surface area contributed by atoms with Crippen LogP contribution in [0.4, 0.5) is 0 Å². The van der Waals surface area contributed by atoms with Gasteiger partial charge in [-0.15, -0.1) is 0 Å². The number of carbonyl (C=O) groups is 1. The summed E-state index contributed by atoms with van der Waals surface area (Å²) in [6.45, 7) is 7.89. The van der Waals surface area contributed by atoms with Crippen LogP contribution >= 0.6 is 0 Å². The molecule has 1 fully saturated rings. The van der Waals surface area contributed by atoms with Crippen LogP contribution in [-0.4, -0.2) is 50.1 Å². The number of rotatable bonds is 5. The Morgan fingerprint density at radius 3 is 2.88 bits per heavy atom. The molecule has 0 aromatic rings. The van der Waals surface area contributed by atoms with Crippen LogP contribution in [0, 0.1) is 5.92 Å². The van der Waals surface area contributed by atoms with E-state index in [1.165, 1.54) is 0 Å². The van der Waals surface area contributed by atoms with Gasteiger partial charge in [0.15, 0.2) is 0 Å². The molecule has 16 heavy (non-hydrogen) atoms. The van der Waals surface area contributed by atoms with E-state index in [1.54, 1.807) is 0 Å². The maximum atomic E-state index is 11.8. The molecule has 0 saturated carbocycles. The number of hydrogen-bond acceptors (Lipinski definition) is 3. The quantitative estimate of drug-likeness (QED) is 0.716. The summed E-state index contributed by atoms with van der Waals surface area (Å²) in [6.07, 6.45) is 2.14. The highest BCUT2D eigenvalue weighted by atomic mass is 16.1. The average molecular weight is 227 g/mol. The van der Waals surface area contributed by atoms with Gasteiger partial charge in [-0.1, -0.05) is 0 Å². The van der Waals surface area contributed by atoms with Gasteiger partial charge in [0, 0.05) is 25.7 Å². The van der Waals surface area contributed by atoms with Crippen molar-refractivity contribution in [2.75, 3.05) is 33.2 Å². The molecule has 1 amide bonds. The van der Waals surface area contributed by atoms with Crippen LogP contribution < -0.4 is 10.6 Å². The number of amides is 1. The van der Waals surface area contributed by atoms with Crippen LogP contribution in [0.3, 0.4) is 0 Å². The lowest BCUT2D eigenvalue weighted by Crippen LogP contribution is -2.43. The summed E-state index contributed by atoms with van der Waals surface area (Å²) in [5, 5.41) is 6.28. The minimum absolute atomic E-state index is 0.179. The Bertz CT molecular complexity index is 212. The highest BCUT2D eigenvalue weighted by molar-refractivity contribution is 5.78. The van der Waals surface area contributed by atoms with Crippen LogP contribution in [-0.2, 0) is 4.79 Å². The summed E-state index contributed by atoms with van der Waals surface area (Å²) in [6, 6.07) is 0.535. The van der Waals surface area contributed by atoms with Gasteiger partial charge >= 0.3 is 0 Å². The first-order valence-corrected chi connectivity index (χ1v) is 6.30. The molecule has 1 saturated heterocycles. The lowest BCUT2D eigenvalue weighted by atomic mass is 9.99. The fraction of sp³-hybridized carbons (Fsp3) is 0.917. The predicted octanol–water partition coefficient (Wildman–Crippen LogP) is 0.442. The van der Waals surface area contributed by atoms with Gasteiger partial charge in [-0.2, -0.15) is 0 Å². The molecule has 0 unspecified atom stereocenters. The molecule has 0 aromatic heterocycles. The van der Waals surface area contributed by atoms with Crippen molar-refractivity contribution in [3.8, 4) is 0 Å². The maximum absolute atomic E-state index is 11.8. The second kappa shape index (κ2) is 6.86. The van der Waals surface area contributed by atoms with Gasteiger partial charge in [0.1, 0.15) is 0 Å². The van der Waals surface area contributed by atoms with Crippen molar-refractivity contribution in [2.24, 2.45) is 5.92 Å². The number of piperidine rings is 1. The first-order chi connectivity index (χ1) is 7.61. The SMILES string of the molecule is CC(C)N(C)CCNC(=O)[C@H]1CCCNC1. The second-order valence-electron chi connectivity index (χ2n) is 4.91. The van der Waals surface area contributed by atoms with Crippen LogP contribution in [0.1, 0.15) is 26.7 Å². The minimum Gasteiger partial charge on any atom is -0.355 e. The van der Waals surface area contributed by atoms with Crippen molar-refractivity contribution in [2.45, 2.75) is 32.7 Å². The summed E-state index contributed by atoms with van der Waals surface area (Å²) in [5.74, 6) is 0.391. The third kappa shape index (κ3) is 4.49. The van der Waals surface area contributed by atoms with Crippen LogP contribution in [0.25, 0.3) is 0 Å². The van der Waals surface area contributed by atoms with E-state index in [0.717, 1.165) is 39.0 Å². The first-order valence-electron chi connectivity index (χ1n) is 6.30. The Kier molecular flexibility index (Phi) is 5.77. The number of carbonyl (C=O) groups excluding carboxylic acids is 1. The van der Waals surface area contributed by atoms with E-state index in [0.29, 0.717) is 6.04 Å². The number of nitrogens with zero attached hydrogens (tertiary/aromatic N) is 1. The van der Waals surface area contributed by atoms with E-state index in [1.807, 2.05) is 0 Å². The Hall–Kier alpha value is -0.610. The van der Waals surface area contributed by atoms with Gasteiger partial charge in [-0.05, 0) is 40.3 Å². The van der Waals surface area contributed by atoms with Gasteiger partial charge in [0.05, 0.1) is 5.92 Å². The summed E-state index contributed by atoms with van der Waals surface area (Å²) < 4.78 is 0. The molecule has 0 bridgehead atoms. The molecule has 1 aliphatic heterocycles. The van der Waals surface area contributed by atoms with Crippen molar-refractivity contribution >= 4 is 5.91 Å². The van der Waals surface area contributed by atoms with E-state index >= 15 is 0 Å². The molecule has 0 aromatic carbocycles. The van der Waals surface area contributed by atoms with Crippen LogP contribution in [0.2, 0.25) is 0 Å². The average Bonchev–Trinajstić information content (AvgIpc) is 2.29. The van der Waals surface area contributed by atoms with E-state index in [9.17, 15) is 4.79 Å². The molecule has 0 spiro atoms. The lowest BCUT2D eigenvalue weighted by molar-refractivity contribution is -0.125. The second-order valence-corrected chi connectivity index (χ2v) is 4.91. The van der Waals surface area contributed by atoms with E-state index in [-0.39, 0.29) is 11.8 Å². The Morgan fingerprint density at radius 1 is 1.56 bits per heavy atom. The molecular weight excluding hydrogens is 202 g/mol. The van der Waals surface area contributed by atoms with Crippen molar-refractivity contribution in [3.63, 3.8) is 0 Å². The molecule has 1 atom stereocenters.